The summed E-state index contributed by atoms with van der Waals surface area (Å²) in [5.41, 5.74) is 0. The molecule has 0 spiro atoms. The van der Waals surface area contributed by atoms with Gasteiger partial charge in [0.1, 0.15) is 0 Å². The summed E-state index contributed by atoms with van der Waals surface area (Å²) in [7, 11) is -2.80. The zero-order chi connectivity index (χ0) is 17.1. The Morgan fingerprint density at radius 2 is 0.909 bits per heavy atom. The molecule has 4 nitrogen and oxygen atoms in total. The van der Waals surface area contributed by atoms with Crippen molar-refractivity contribution in [3.05, 3.63) is 0 Å². The van der Waals surface area contributed by atoms with Gasteiger partial charge in [0.2, 0.25) is 0 Å². The maximum absolute atomic E-state index is 5.42. The van der Waals surface area contributed by atoms with Gasteiger partial charge in [-0.25, -0.2) is 0 Å². The van der Waals surface area contributed by atoms with Crippen LogP contribution in [0.15, 0.2) is 0 Å². The Balaban J connectivity index is 0. The van der Waals surface area contributed by atoms with E-state index in [1.165, 1.54) is 25.7 Å². The Morgan fingerprint density at radius 3 is 1.14 bits per heavy atom. The molecule has 0 aromatic rings. The first-order valence-corrected chi connectivity index (χ1v) is 14.6. The second-order valence-corrected chi connectivity index (χ2v) is 11.1. The van der Waals surface area contributed by atoms with Gasteiger partial charge >= 0.3 is 78.6 Å². The first-order valence-electron chi connectivity index (χ1n) is 8.92. The average molecular weight is 441 g/mol. The molecule has 0 aliphatic rings. The zero-order valence-electron chi connectivity index (χ0n) is 15.7. The zero-order valence-corrected chi connectivity index (χ0v) is 19.6. The quantitative estimate of drug-likeness (QED) is 0.290. The Hall–Kier alpha value is 0.856. The van der Waals surface area contributed by atoms with E-state index in [9.17, 15) is 0 Å². The van der Waals surface area contributed by atoms with Crippen LogP contribution in [0.1, 0.15) is 67.2 Å². The molecular weight excluding hydrogens is 403 g/mol. The molecule has 0 aromatic heterocycles. The minimum atomic E-state index is -2.80. The Morgan fingerprint density at radius 1 is 0.591 bits per heavy atom. The van der Waals surface area contributed by atoms with E-state index < -0.39 is 9.05 Å². The van der Waals surface area contributed by atoms with Gasteiger partial charge in [-0.15, -0.1) is 0 Å². The fourth-order valence-corrected chi connectivity index (χ4v) is 7.76. The van der Waals surface area contributed by atoms with Crippen molar-refractivity contribution in [2.45, 2.75) is 76.1 Å². The van der Waals surface area contributed by atoms with Crippen LogP contribution in [-0.4, -0.2) is 56.6 Å². The fraction of sp³-hybridized carbons (Fsp3) is 1.00. The molecule has 0 aliphatic heterocycles. The van der Waals surface area contributed by atoms with Gasteiger partial charge in [-0.1, -0.05) is 0 Å². The summed E-state index contributed by atoms with van der Waals surface area (Å²) in [6.07, 6.45) is 5.84. The van der Waals surface area contributed by atoms with Gasteiger partial charge in [0.15, 0.2) is 0 Å². The van der Waals surface area contributed by atoms with Gasteiger partial charge in [0, 0.05) is 26.4 Å². The largest absolute Gasteiger partial charge is 0.679 e. The Kier molecular flexibility index (Phi) is 22.7. The molecule has 0 unspecified atom stereocenters. The predicted octanol–water partition coefficient (Wildman–Crippen LogP) is 4.70. The van der Waals surface area contributed by atoms with Crippen LogP contribution in [0, 0.1) is 0 Å². The van der Waals surface area contributed by atoms with E-state index in [1.54, 1.807) is 8.87 Å². The van der Waals surface area contributed by atoms with E-state index in [4.69, 9.17) is 17.7 Å². The predicted molar refractivity (Wildman–Crippen MR) is 97.4 cm³/mol. The maximum atomic E-state index is 5.42. The van der Waals surface area contributed by atoms with E-state index in [1.807, 2.05) is 27.7 Å². The first kappa shape index (κ1) is 25.1. The van der Waals surface area contributed by atoms with Gasteiger partial charge in [0.25, 0.3) is 0 Å². The van der Waals surface area contributed by atoms with Gasteiger partial charge in [-0.2, -0.15) is 0 Å². The molecule has 134 valence electrons. The molecule has 22 heavy (non-hydrogen) atoms. The van der Waals surface area contributed by atoms with Crippen LogP contribution in [0.2, 0.25) is 8.87 Å². The monoisotopic (exact) mass is 442 g/mol. The third kappa shape index (κ3) is 15.7. The van der Waals surface area contributed by atoms with Crippen molar-refractivity contribution in [2.24, 2.45) is 0 Å². The van der Waals surface area contributed by atoms with Crippen molar-refractivity contribution in [3.8, 4) is 0 Å². The standard InChI is InChI=1S/C8H20O4Si.2C4H9.Sn/c1-5-9-13(10-6-2,11-7-3)12-8-4;2*1-3-4-2;/h5-8H2,1-4H3;2*1,3-4H2,2H3;. The van der Waals surface area contributed by atoms with Crippen molar-refractivity contribution in [1.29, 1.82) is 0 Å². The van der Waals surface area contributed by atoms with Crippen molar-refractivity contribution < 1.29 is 17.7 Å². The normalized spacial score (nSPS) is 11.2. The topological polar surface area (TPSA) is 36.9 Å². The second-order valence-electron chi connectivity index (χ2n) is 4.69. The summed E-state index contributed by atoms with van der Waals surface area (Å²) in [6.45, 7) is 14.4. The Bertz CT molecular complexity index is 173. The van der Waals surface area contributed by atoms with Crippen LogP contribution in [-0.2, 0) is 17.7 Å². The SMILES string of the molecule is CCC[CH2][Sn][CH2]CCC.CCO[Si](OCC)(OCC)OCC. The van der Waals surface area contributed by atoms with E-state index >= 15 is 0 Å². The average Bonchev–Trinajstić information content (AvgIpc) is 2.49. The molecule has 0 saturated carbocycles. The van der Waals surface area contributed by atoms with Gasteiger partial charge in [-0.05, 0) is 27.7 Å². The molecule has 2 radical (unpaired) electrons. The van der Waals surface area contributed by atoms with Crippen molar-refractivity contribution in [2.75, 3.05) is 26.4 Å². The molecule has 0 atom stereocenters. The van der Waals surface area contributed by atoms with Crippen LogP contribution in [0.3, 0.4) is 0 Å². The molecule has 0 bridgehead atoms. The van der Waals surface area contributed by atoms with E-state index in [0.29, 0.717) is 26.4 Å². The molecule has 0 saturated heterocycles. The smallest absolute Gasteiger partial charge is 0.351 e. The molecule has 0 aliphatic carbocycles. The van der Waals surface area contributed by atoms with Gasteiger partial charge in [0.05, 0.1) is 0 Å². The van der Waals surface area contributed by atoms with Crippen LogP contribution in [0.5, 0.6) is 0 Å². The third-order valence-electron chi connectivity index (χ3n) is 2.70. The Labute approximate surface area is 150 Å². The van der Waals surface area contributed by atoms with Crippen LogP contribution in [0.4, 0.5) is 0 Å². The summed E-state index contributed by atoms with van der Waals surface area (Å²) in [5, 5.41) is 0. The second kappa shape index (κ2) is 19.9. The summed E-state index contributed by atoms with van der Waals surface area (Å²) < 4.78 is 24.9. The number of unbranched alkanes of at least 4 members (excludes halogenated alkanes) is 2. The number of rotatable bonds is 14. The summed E-state index contributed by atoms with van der Waals surface area (Å²) in [6, 6.07) is 0. The van der Waals surface area contributed by atoms with Crippen molar-refractivity contribution >= 4 is 30.2 Å². The first-order chi connectivity index (χ1) is 10.7. The van der Waals surface area contributed by atoms with Crippen LogP contribution < -0.4 is 0 Å². The minimum absolute atomic E-state index is 0.149. The summed E-state index contributed by atoms with van der Waals surface area (Å²) in [5.74, 6) is 0. The number of hydrogen-bond donors (Lipinski definition) is 0. The molecule has 0 amide bonds. The molecule has 0 rings (SSSR count). The van der Waals surface area contributed by atoms with Crippen molar-refractivity contribution in [1.82, 2.24) is 0 Å². The fourth-order valence-electron chi connectivity index (χ4n) is 1.69. The third-order valence-corrected chi connectivity index (χ3v) is 9.30. The summed E-state index contributed by atoms with van der Waals surface area (Å²) in [4.78, 5) is 0. The van der Waals surface area contributed by atoms with E-state index in [0.717, 1.165) is 0 Å². The van der Waals surface area contributed by atoms with E-state index in [-0.39, 0.29) is 21.1 Å². The van der Waals surface area contributed by atoms with Crippen LogP contribution in [0.25, 0.3) is 0 Å². The molecule has 0 aromatic carbocycles. The molecule has 6 heteroatoms. The molecule has 0 fully saturated rings. The summed E-state index contributed by atoms with van der Waals surface area (Å²) >= 11 is 0.149. The molecule has 0 heterocycles. The molecular formula is C16H38O4SiSn. The molecule has 0 N–H and O–H groups in total. The maximum Gasteiger partial charge on any atom is 0.679 e. The minimum Gasteiger partial charge on any atom is -0.351 e. The van der Waals surface area contributed by atoms with Crippen molar-refractivity contribution in [3.63, 3.8) is 0 Å². The van der Waals surface area contributed by atoms with Crippen LogP contribution >= 0.6 is 0 Å². The van der Waals surface area contributed by atoms with Gasteiger partial charge in [-0.3, -0.25) is 0 Å². The van der Waals surface area contributed by atoms with Gasteiger partial charge < -0.3 is 17.7 Å². The number of hydrogen-bond acceptors (Lipinski definition) is 4. The van der Waals surface area contributed by atoms with E-state index in [2.05, 4.69) is 13.8 Å².